The molecule has 0 radical (unpaired) electrons. The van der Waals surface area contributed by atoms with Crippen LogP contribution in [0.25, 0.3) is 43.8 Å². The Hall–Kier alpha value is -3.38. The van der Waals surface area contributed by atoms with Gasteiger partial charge in [0, 0.05) is 0 Å². The molecule has 5 rings (SSSR count). The normalized spacial score (nSPS) is 11.2. The maximum Gasteiger partial charge on any atom is -0.00266 e. The lowest BCUT2D eigenvalue weighted by Crippen LogP contribution is -1.93. The maximum absolute atomic E-state index is 2.40. The summed E-state index contributed by atoms with van der Waals surface area (Å²) in [5, 5.41) is 5.25. The van der Waals surface area contributed by atoms with Crippen molar-refractivity contribution in [2.75, 3.05) is 0 Å². The Bertz CT molecular complexity index is 1280. The zero-order valence-electron chi connectivity index (χ0n) is 16.0. The van der Waals surface area contributed by atoms with Gasteiger partial charge < -0.3 is 0 Å². The van der Waals surface area contributed by atoms with E-state index in [2.05, 4.69) is 110 Å². The smallest absolute Gasteiger partial charge is 0.00266 e. The van der Waals surface area contributed by atoms with Gasteiger partial charge in [0.15, 0.2) is 0 Å². The molecule has 0 fully saturated rings. The van der Waals surface area contributed by atoms with Crippen molar-refractivity contribution >= 4 is 21.5 Å². The molecule has 0 aromatic heterocycles. The number of fused-ring (bicyclic) bond motifs is 2. The molecule has 0 N–H and O–H groups in total. The van der Waals surface area contributed by atoms with Crippen LogP contribution in [0.15, 0.2) is 103 Å². The van der Waals surface area contributed by atoms with Crippen LogP contribution in [0.2, 0.25) is 0 Å². The van der Waals surface area contributed by atoms with Crippen LogP contribution in [-0.2, 0) is 6.42 Å². The minimum atomic E-state index is 1.02. The van der Waals surface area contributed by atoms with Crippen LogP contribution in [0.4, 0.5) is 0 Å². The van der Waals surface area contributed by atoms with Crippen LogP contribution >= 0.6 is 0 Å². The lowest BCUT2D eigenvalue weighted by atomic mass is 9.86. The molecule has 0 amide bonds. The van der Waals surface area contributed by atoms with Crippen LogP contribution in [0, 0.1) is 0 Å². The van der Waals surface area contributed by atoms with Gasteiger partial charge in [0.25, 0.3) is 0 Å². The standard InChI is InChI=1S/C28H22/c1-2-20-19-27(24-17-16-21-10-6-7-13-23(21)18-24)28(22-11-4-3-5-12-22)26-15-9-8-14-25(20)26/h3-19H,2H2,1H3. The Morgan fingerprint density at radius 2 is 1.21 bits per heavy atom. The zero-order valence-corrected chi connectivity index (χ0v) is 16.0. The van der Waals surface area contributed by atoms with Gasteiger partial charge in [-0.3, -0.25) is 0 Å². The summed E-state index contributed by atoms with van der Waals surface area (Å²) in [5.74, 6) is 0. The first-order valence-corrected chi connectivity index (χ1v) is 9.94. The van der Waals surface area contributed by atoms with E-state index >= 15 is 0 Å². The first kappa shape index (κ1) is 16.8. The van der Waals surface area contributed by atoms with Gasteiger partial charge in [-0.05, 0) is 67.9 Å². The van der Waals surface area contributed by atoms with E-state index in [1.54, 1.807) is 0 Å². The molecule has 0 aliphatic heterocycles. The van der Waals surface area contributed by atoms with E-state index in [1.165, 1.54) is 49.4 Å². The predicted molar refractivity (Wildman–Crippen MR) is 122 cm³/mol. The van der Waals surface area contributed by atoms with E-state index in [-0.39, 0.29) is 0 Å². The van der Waals surface area contributed by atoms with E-state index in [0.29, 0.717) is 0 Å². The molecule has 0 atom stereocenters. The summed E-state index contributed by atoms with van der Waals surface area (Å²) < 4.78 is 0. The molecule has 0 saturated carbocycles. The number of rotatable bonds is 3. The molecular weight excluding hydrogens is 336 g/mol. The summed E-state index contributed by atoms with van der Waals surface area (Å²) in [7, 11) is 0. The number of aryl methyl sites for hydroxylation is 1. The Balaban J connectivity index is 1.89. The monoisotopic (exact) mass is 358 g/mol. The van der Waals surface area contributed by atoms with Crippen molar-refractivity contribution in [3.8, 4) is 22.3 Å². The van der Waals surface area contributed by atoms with E-state index in [9.17, 15) is 0 Å². The average molecular weight is 358 g/mol. The fourth-order valence-electron chi connectivity index (χ4n) is 4.24. The Kier molecular flexibility index (Phi) is 4.18. The van der Waals surface area contributed by atoms with Crippen LogP contribution in [-0.4, -0.2) is 0 Å². The summed E-state index contributed by atoms with van der Waals surface area (Å²) in [5.41, 5.74) is 6.58. The molecule has 0 aliphatic rings. The molecule has 5 aromatic carbocycles. The van der Waals surface area contributed by atoms with E-state index in [4.69, 9.17) is 0 Å². The zero-order chi connectivity index (χ0) is 18.9. The van der Waals surface area contributed by atoms with E-state index in [0.717, 1.165) is 6.42 Å². The second-order valence-corrected chi connectivity index (χ2v) is 7.29. The Labute approximate surface area is 166 Å². The number of benzene rings is 5. The average Bonchev–Trinajstić information content (AvgIpc) is 2.78. The SMILES string of the molecule is CCc1cc(-c2ccc3ccccc3c2)c(-c2ccccc2)c2ccccc12. The predicted octanol–water partition coefficient (Wildman–Crippen LogP) is 7.89. The largest absolute Gasteiger partial charge is 0.0622 e. The van der Waals surface area contributed by atoms with Crippen molar-refractivity contribution in [1.29, 1.82) is 0 Å². The second kappa shape index (κ2) is 6.98. The molecule has 0 unspecified atom stereocenters. The van der Waals surface area contributed by atoms with Gasteiger partial charge in [-0.25, -0.2) is 0 Å². The molecule has 0 spiro atoms. The highest BCUT2D eigenvalue weighted by molar-refractivity contribution is 6.06. The third kappa shape index (κ3) is 2.78. The van der Waals surface area contributed by atoms with Gasteiger partial charge in [-0.2, -0.15) is 0 Å². The Morgan fingerprint density at radius 1 is 0.536 bits per heavy atom. The van der Waals surface area contributed by atoms with Crippen LogP contribution < -0.4 is 0 Å². The molecule has 0 bridgehead atoms. The van der Waals surface area contributed by atoms with Crippen LogP contribution in [0.3, 0.4) is 0 Å². The summed E-state index contributed by atoms with van der Waals surface area (Å²) in [6, 6.07) is 37.4. The summed E-state index contributed by atoms with van der Waals surface area (Å²) in [4.78, 5) is 0. The van der Waals surface area contributed by atoms with Gasteiger partial charge >= 0.3 is 0 Å². The summed E-state index contributed by atoms with van der Waals surface area (Å²) in [6.07, 6.45) is 1.02. The molecule has 0 heteroatoms. The van der Waals surface area contributed by atoms with Crippen molar-refractivity contribution < 1.29 is 0 Å². The van der Waals surface area contributed by atoms with E-state index in [1.807, 2.05) is 0 Å². The minimum Gasteiger partial charge on any atom is -0.0622 e. The van der Waals surface area contributed by atoms with Crippen molar-refractivity contribution in [3.63, 3.8) is 0 Å². The molecular formula is C28H22. The van der Waals surface area contributed by atoms with Gasteiger partial charge in [0.05, 0.1) is 0 Å². The van der Waals surface area contributed by atoms with Crippen molar-refractivity contribution in [3.05, 3.63) is 109 Å². The molecule has 0 heterocycles. The molecule has 134 valence electrons. The summed E-state index contributed by atoms with van der Waals surface area (Å²) >= 11 is 0. The Morgan fingerprint density at radius 3 is 2.00 bits per heavy atom. The van der Waals surface area contributed by atoms with Crippen molar-refractivity contribution in [2.45, 2.75) is 13.3 Å². The van der Waals surface area contributed by atoms with Gasteiger partial charge in [-0.15, -0.1) is 0 Å². The molecule has 28 heavy (non-hydrogen) atoms. The number of hydrogen-bond donors (Lipinski definition) is 0. The third-order valence-electron chi connectivity index (χ3n) is 5.63. The van der Waals surface area contributed by atoms with E-state index < -0.39 is 0 Å². The fourth-order valence-corrected chi connectivity index (χ4v) is 4.24. The van der Waals surface area contributed by atoms with Crippen LogP contribution in [0.1, 0.15) is 12.5 Å². The quantitative estimate of drug-likeness (QED) is 0.307. The molecule has 0 nitrogen and oxygen atoms in total. The number of hydrogen-bond acceptors (Lipinski definition) is 0. The molecule has 5 aromatic rings. The minimum absolute atomic E-state index is 1.02. The highest BCUT2D eigenvalue weighted by Crippen LogP contribution is 2.40. The first-order valence-electron chi connectivity index (χ1n) is 9.94. The lowest BCUT2D eigenvalue weighted by molar-refractivity contribution is 1.16. The van der Waals surface area contributed by atoms with Gasteiger partial charge in [-0.1, -0.05) is 97.9 Å². The highest BCUT2D eigenvalue weighted by Gasteiger charge is 2.14. The molecule has 0 aliphatic carbocycles. The lowest BCUT2D eigenvalue weighted by Gasteiger charge is -2.17. The fraction of sp³-hybridized carbons (Fsp3) is 0.0714. The van der Waals surface area contributed by atoms with Crippen LogP contribution in [0.5, 0.6) is 0 Å². The van der Waals surface area contributed by atoms with Crippen molar-refractivity contribution in [1.82, 2.24) is 0 Å². The first-order chi connectivity index (χ1) is 13.8. The molecule has 0 saturated heterocycles. The van der Waals surface area contributed by atoms with Gasteiger partial charge in [0.2, 0.25) is 0 Å². The summed E-state index contributed by atoms with van der Waals surface area (Å²) in [6.45, 7) is 2.24. The third-order valence-corrected chi connectivity index (χ3v) is 5.63. The van der Waals surface area contributed by atoms with Gasteiger partial charge in [0.1, 0.15) is 0 Å². The second-order valence-electron chi connectivity index (χ2n) is 7.29. The van der Waals surface area contributed by atoms with Crippen molar-refractivity contribution in [2.24, 2.45) is 0 Å². The highest BCUT2D eigenvalue weighted by atomic mass is 14.2. The topological polar surface area (TPSA) is 0 Å². The maximum atomic E-state index is 2.40.